The van der Waals surface area contributed by atoms with Crippen molar-refractivity contribution in [1.82, 2.24) is 14.5 Å². The van der Waals surface area contributed by atoms with E-state index in [0.29, 0.717) is 31.7 Å². The first-order valence-corrected chi connectivity index (χ1v) is 10.0. The average Bonchev–Trinajstić information content (AvgIpc) is 2.62. The molecule has 1 N–H and O–H groups in total. The van der Waals surface area contributed by atoms with E-state index in [1.807, 2.05) is 13.8 Å². The number of sulfonamides is 1. The Labute approximate surface area is 144 Å². The van der Waals surface area contributed by atoms with E-state index in [9.17, 15) is 13.2 Å². The van der Waals surface area contributed by atoms with Gasteiger partial charge in [0.05, 0.1) is 4.90 Å². The Bertz CT molecular complexity index is 632. The topological polar surface area (TPSA) is 69.7 Å². The number of piperazine rings is 1. The van der Waals surface area contributed by atoms with Gasteiger partial charge in [0.15, 0.2) is 0 Å². The minimum atomic E-state index is -3.49. The highest BCUT2D eigenvalue weighted by molar-refractivity contribution is 7.89. The molecule has 0 atom stereocenters. The molecule has 1 aliphatic heterocycles. The fourth-order valence-corrected chi connectivity index (χ4v) is 4.44. The highest BCUT2D eigenvalue weighted by Gasteiger charge is 2.24. The Morgan fingerprint density at radius 3 is 2.12 bits per heavy atom. The maximum atomic E-state index is 12.7. The van der Waals surface area contributed by atoms with Crippen molar-refractivity contribution in [2.45, 2.75) is 31.6 Å². The molecule has 1 saturated heterocycles. The molecule has 0 bridgehead atoms. The largest absolute Gasteiger partial charge is 0.336 e. The monoisotopic (exact) mass is 353 g/mol. The van der Waals surface area contributed by atoms with Gasteiger partial charge in [0.2, 0.25) is 10.0 Å². The van der Waals surface area contributed by atoms with Gasteiger partial charge in [-0.1, -0.05) is 13.8 Å². The van der Waals surface area contributed by atoms with E-state index in [0.717, 1.165) is 25.9 Å². The summed E-state index contributed by atoms with van der Waals surface area (Å²) in [5, 5.41) is 3.21. The standard InChI is InChI=1S/C17H27N3O3S/c1-3-11-20(12-4-2)24(22,23)16-7-5-15(6-8-16)17(21)19-13-9-18-10-14-19/h5-8,18H,3-4,9-14H2,1-2H3. The third-order valence-electron chi connectivity index (χ3n) is 4.09. The van der Waals surface area contributed by atoms with Gasteiger partial charge in [-0.25, -0.2) is 8.42 Å². The lowest BCUT2D eigenvalue weighted by molar-refractivity contribution is 0.0735. The van der Waals surface area contributed by atoms with Crippen LogP contribution in [0.25, 0.3) is 0 Å². The number of nitrogens with one attached hydrogen (secondary N) is 1. The fourth-order valence-electron chi connectivity index (χ4n) is 2.82. The van der Waals surface area contributed by atoms with Crippen molar-refractivity contribution < 1.29 is 13.2 Å². The van der Waals surface area contributed by atoms with E-state index >= 15 is 0 Å². The molecule has 1 fully saturated rings. The van der Waals surface area contributed by atoms with Crippen LogP contribution < -0.4 is 5.32 Å². The molecule has 1 aromatic carbocycles. The summed E-state index contributed by atoms with van der Waals surface area (Å²) in [7, 11) is -3.49. The Kier molecular flexibility index (Phi) is 6.77. The second-order valence-corrected chi connectivity index (χ2v) is 7.91. The maximum absolute atomic E-state index is 12.7. The molecule has 0 aliphatic carbocycles. The molecular formula is C17H27N3O3S. The van der Waals surface area contributed by atoms with Gasteiger partial charge in [0.1, 0.15) is 0 Å². The highest BCUT2D eigenvalue weighted by atomic mass is 32.2. The first kappa shape index (κ1) is 18.9. The molecule has 1 amide bonds. The smallest absolute Gasteiger partial charge is 0.253 e. The third-order valence-corrected chi connectivity index (χ3v) is 6.00. The normalized spacial score (nSPS) is 15.7. The van der Waals surface area contributed by atoms with Crippen molar-refractivity contribution in [3.05, 3.63) is 29.8 Å². The molecule has 7 heteroatoms. The molecular weight excluding hydrogens is 326 g/mol. The number of carbonyl (C=O) groups is 1. The first-order valence-electron chi connectivity index (χ1n) is 8.61. The van der Waals surface area contributed by atoms with E-state index in [1.54, 1.807) is 29.2 Å². The molecule has 2 rings (SSSR count). The Balaban J connectivity index is 2.16. The van der Waals surface area contributed by atoms with Crippen LogP contribution in [0.15, 0.2) is 29.2 Å². The molecule has 24 heavy (non-hydrogen) atoms. The SMILES string of the molecule is CCCN(CCC)S(=O)(=O)c1ccc(C(=O)N2CCNCC2)cc1. The molecule has 1 aliphatic rings. The van der Waals surface area contributed by atoms with Gasteiger partial charge in [0.25, 0.3) is 5.91 Å². The summed E-state index contributed by atoms with van der Waals surface area (Å²) in [5.41, 5.74) is 0.536. The number of carbonyl (C=O) groups excluding carboxylic acids is 1. The average molecular weight is 353 g/mol. The Morgan fingerprint density at radius 2 is 1.62 bits per heavy atom. The van der Waals surface area contributed by atoms with E-state index in [1.165, 1.54) is 4.31 Å². The summed E-state index contributed by atoms with van der Waals surface area (Å²) in [6.45, 7) is 7.90. The lowest BCUT2D eigenvalue weighted by Crippen LogP contribution is -2.46. The van der Waals surface area contributed by atoms with Gasteiger partial charge in [-0.2, -0.15) is 4.31 Å². The predicted molar refractivity (Wildman–Crippen MR) is 94.6 cm³/mol. The molecule has 6 nitrogen and oxygen atoms in total. The third kappa shape index (κ3) is 4.34. The quantitative estimate of drug-likeness (QED) is 0.807. The van der Waals surface area contributed by atoms with Crippen LogP contribution in [0.1, 0.15) is 37.0 Å². The number of hydrogen-bond donors (Lipinski definition) is 1. The summed E-state index contributed by atoms with van der Waals surface area (Å²) in [5.74, 6) is -0.0422. The van der Waals surface area contributed by atoms with E-state index in [-0.39, 0.29) is 10.8 Å². The fraction of sp³-hybridized carbons (Fsp3) is 0.588. The Hall–Kier alpha value is -1.44. The summed E-state index contributed by atoms with van der Waals surface area (Å²) >= 11 is 0. The van der Waals surface area contributed by atoms with Gasteiger partial charge in [-0.05, 0) is 37.1 Å². The number of amides is 1. The molecule has 0 radical (unpaired) electrons. The number of nitrogens with zero attached hydrogens (tertiary/aromatic N) is 2. The summed E-state index contributed by atoms with van der Waals surface area (Å²) in [6, 6.07) is 6.33. The molecule has 0 unspecified atom stereocenters. The minimum Gasteiger partial charge on any atom is -0.336 e. The number of hydrogen-bond acceptors (Lipinski definition) is 4. The Morgan fingerprint density at radius 1 is 1.08 bits per heavy atom. The minimum absolute atomic E-state index is 0.0422. The summed E-state index contributed by atoms with van der Waals surface area (Å²) in [4.78, 5) is 14.5. The second kappa shape index (κ2) is 8.60. The zero-order valence-electron chi connectivity index (χ0n) is 14.5. The highest BCUT2D eigenvalue weighted by Crippen LogP contribution is 2.18. The van der Waals surface area contributed by atoms with Crippen LogP contribution in [-0.2, 0) is 10.0 Å². The lowest BCUT2D eigenvalue weighted by atomic mass is 10.2. The van der Waals surface area contributed by atoms with Crippen LogP contribution >= 0.6 is 0 Å². The van der Waals surface area contributed by atoms with Gasteiger partial charge >= 0.3 is 0 Å². The molecule has 1 aromatic rings. The van der Waals surface area contributed by atoms with Gasteiger partial charge in [0, 0.05) is 44.8 Å². The molecule has 134 valence electrons. The second-order valence-electron chi connectivity index (χ2n) is 5.97. The van der Waals surface area contributed by atoms with Crippen molar-refractivity contribution in [3.8, 4) is 0 Å². The number of rotatable bonds is 7. The van der Waals surface area contributed by atoms with Gasteiger partial charge in [-0.3, -0.25) is 4.79 Å². The van der Waals surface area contributed by atoms with Crippen LogP contribution in [-0.4, -0.2) is 62.8 Å². The van der Waals surface area contributed by atoms with Crippen LogP contribution in [0.2, 0.25) is 0 Å². The van der Waals surface area contributed by atoms with Gasteiger partial charge < -0.3 is 10.2 Å². The summed E-state index contributed by atoms with van der Waals surface area (Å²) < 4.78 is 26.9. The lowest BCUT2D eigenvalue weighted by Gasteiger charge is -2.27. The van der Waals surface area contributed by atoms with Crippen molar-refractivity contribution in [2.24, 2.45) is 0 Å². The predicted octanol–water partition coefficient (Wildman–Crippen LogP) is 1.54. The van der Waals surface area contributed by atoms with Crippen LogP contribution in [0.3, 0.4) is 0 Å². The van der Waals surface area contributed by atoms with E-state index < -0.39 is 10.0 Å². The van der Waals surface area contributed by atoms with Crippen LogP contribution in [0, 0.1) is 0 Å². The van der Waals surface area contributed by atoms with Crippen molar-refractivity contribution in [1.29, 1.82) is 0 Å². The summed E-state index contributed by atoms with van der Waals surface area (Å²) in [6.07, 6.45) is 1.55. The van der Waals surface area contributed by atoms with E-state index in [4.69, 9.17) is 0 Å². The maximum Gasteiger partial charge on any atom is 0.253 e. The van der Waals surface area contributed by atoms with E-state index in [2.05, 4.69) is 5.32 Å². The molecule has 0 saturated carbocycles. The molecule has 0 aromatic heterocycles. The van der Waals surface area contributed by atoms with Crippen LogP contribution in [0.5, 0.6) is 0 Å². The molecule has 0 spiro atoms. The van der Waals surface area contributed by atoms with Crippen molar-refractivity contribution in [2.75, 3.05) is 39.3 Å². The number of benzene rings is 1. The van der Waals surface area contributed by atoms with Crippen molar-refractivity contribution >= 4 is 15.9 Å². The molecule has 1 heterocycles. The van der Waals surface area contributed by atoms with Crippen molar-refractivity contribution in [3.63, 3.8) is 0 Å². The zero-order chi connectivity index (χ0) is 17.6. The van der Waals surface area contributed by atoms with Gasteiger partial charge in [-0.15, -0.1) is 0 Å². The zero-order valence-corrected chi connectivity index (χ0v) is 15.3. The first-order chi connectivity index (χ1) is 11.5. The van der Waals surface area contributed by atoms with Crippen LogP contribution in [0.4, 0.5) is 0 Å².